The first-order valence-electron chi connectivity index (χ1n) is 13.2. The maximum absolute atomic E-state index is 10.7. The minimum atomic E-state index is -1.08. The standard InChI is InChI=1S/C29H35N5O6/c1-14-6-18-10-23(40-27(18)16(3)31-14)24-15(2)32-29(30-12-17-7-20(38-4)11-21(8-17)39-5)34-28(24)33-22-9-19(13-35)25(36)26(22)37/h6-8,10-11,19,22,25-26,35-37H,9,12-13H2,1-5H3,(H2,30,32,33,34)/t19-,22-,25-,26+/m1/s1. The van der Waals surface area contributed by atoms with Gasteiger partial charge in [0, 0.05) is 36.2 Å². The summed E-state index contributed by atoms with van der Waals surface area (Å²) in [5.41, 5.74) is 4.54. The second kappa shape index (κ2) is 11.3. The molecule has 4 aromatic rings. The van der Waals surface area contributed by atoms with Crippen LogP contribution < -0.4 is 20.1 Å². The largest absolute Gasteiger partial charge is 0.497 e. The average Bonchev–Trinajstić information content (AvgIpc) is 3.47. The maximum atomic E-state index is 10.7. The molecule has 3 aromatic heterocycles. The second-order valence-corrected chi connectivity index (χ2v) is 10.2. The lowest BCUT2D eigenvalue weighted by atomic mass is 10.1. The van der Waals surface area contributed by atoms with Crippen molar-refractivity contribution in [3.8, 4) is 22.8 Å². The van der Waals surface area contributed by atoms with Crippen molar-refractivity contribution in [3.05, 3.63) is 53.0 Å². The molecule has 0 bridgehead atoms. The monoisotopic (exact) mass is 549 g/mol. The van der Waals surface area contributed by atoms with Crippen LogP contribution >= 0.6 is 0 Å². The number of aryl methyl sites for hydroxylation is 3. The topological polar surface area (TPSA) is 155 Å². The zero-order valence-electron chi connectivity index (χ0n) is 23.2. The van der Waals surface area contributed by atoms with Gasteiger partial charge in [0.1, 0.15) is 29.2 Å². The highest BCUT2D eigenvalue weighted by Gasteiger charge is 2.41. The number of hydrogen-bond acceptors (Lipinski definition) is 11. The van der Waals surface area contributed by atoms with Crippen LogP contribution in [0.3, 0.4) is 0 Å². The van der Waals surface area contributed by atoms with Crippen molar-refractivity contribution < 1.29 is 29.2 Å². The lowest BCUT2D eigenvalue weighted by Crippen LogP contribution is -2.35. The molecule has 40 heavy (non-hydrogen) atoms. The summed E-state index contributed by atoms with van der Waals surface area (Å²) in [7, 11) is 3.20. The molecular formula is C29H35N5O6. The Bertz CT molecular complexity index is 1500. The maximum Gasteiger partial charge on any atom is 0.225 e. The molecule has 5 rings (SSSR count). The summed E-state index contributed by atoms with van der Waals surface area (Å²) < 4.78 is 17.0. The van der Waals surface area contributed by atoms with E-state index in [2.05, 4.69) is 15.6 Å². The van der Waals surface area contributed by atoms with Gasteiger partial charge in [-0.1, -0.05) is 0 Å². The van der Waals surface area contributed by atoms with Crippen LogP contribution in [-0.2, 0) is 6.54 Å². The van der Waals surface area contributed by atoms with E-state index in [1.54, 1.807) is 20.3 Å². The summed E-state index contributed by atoms with van der Waals surface area (Å²) in [6.45, 7) is 5.87. The Morgan fingerprint density at radius 3 is 2.30 bits per heavy atom. The molecule has 4 atom stereocenters. The van der Waals surface area contributed by atoms with Crippen molar-refractivity contribution in [2.45, 2.75) is 52.0 Å². The minimum absolute atomic E-state index is 0.224. The summed E-state index contributed by atoms with van der Waals surface area (Å²) in [4.78, 5) is 14.0. The van der Waals surface area contributed by atoms with Gasteiger partial charge in [0.2, 0.25) is 5.95 Å². The number of aromatic nitrogens is 3. The van der Waals surface area contributed by atoms with Crippen molar-refractivity contribution in [1.29, 1.82) is 0 Å². The van der Waals surface area contributed by atoms with Gasteiger partial charge in [-0.15, -0.1) is 0 Å². The Hall–Kier alpha value is -3.93. The molecule has 5 N–H and O–H groups in total. The van der Waals surface area contributed by atoms with Gasteiger partial charge >= 0.3 is 0 Å². The van der Waals surface area contributed by atoms with Gasteiger partial charge in [0.15, 0.2) is 5.58 Å². The van der Waals surface area contributed by atoms with Crippen molar-refractivity contribution >= 4 is 22.7 Å². The summed E-state index contributed by atoms with van der Waals surface area (Å²) >= 11 is 0. The van der Waals surface area contributed by atoms with Gasteiger partial charge in [-0.05, 0) is 57.0 Å². The highest BCUT2D eigenvalue weighted by molar-refractivity contribution is 5.87. The van der Waals surface area contributed by atoms with E-state index >= 15 is 0 Å². The molecular weight excluding hydrogens is 514 g/mol. The lowest BCUT2D eigenvalue weighted by Gasteiger charge is -2.21. The molecule has 1 aliphatic carbocycles. The molecule has 11 nitrogen and oxygen atoms in total. The number of aliphatic hydroxyl groups is 3. The number of ether oxygens (including phenoxy) is 2. The van der Waals surface area contributed by atoms with Crippen LogP contribution in [0.15, 0.2) is 34.7 Å². The Morgan fingerprint density at radius 2 is 1.65 bits per heavy atom. The fraction of sp³-hybridized carbons (Fsp3) is 0.414. The van der Waals surface area contributed by atoms with Crippen molar-refractivity contribution in [2.24, 2.45) is 5.92 Å². The third kappa shape index (κ3) is 5.40. The quantitative estimate of drug-likeness (QED) is 0.209. The average molecular weight is 550 g/mol. The Kier molecular flexibility index (Phi) is 7.79. The van der Waals surface area contributed by atoms with Crippen molar-refractivity contribution in [1.82, 2.24) is 15.0 Å². The van der Waals surface area contributed by atoms with E-state index in [9.17, 15) is 15.3 Å². The summed E-state index contributed by atoms with van der Waals surface area (Å²) in [5.74, 6) is 2.26. The van der Waals surface area contributed by atoms with E-state index in [1.165, 1.54) is 0 Å². The molecule has 0 spiro atoms. The van der Waals surface area contributed by atoms with E-state index in [4.69, 9.17) is 23.9 Å². The van der Waals surface area contributed by atoms with Crippen LogP contribution in [0.2, 0.25) is 0 Å². The van der Waals surface area contributed by atoms with Crippen LogP contribution in [0, 0.1) is 26.7 Å². The van der Waals surface area contributed by atoms with E-state index < -0.39 is 24.2 Å². The molecule has 1 aromatic carbocycles. The zero-order chi connectivity index (χ0) is 28.6. The van der Waals surface area contributed by atoms with Gasteiger partial charge < -0.3 is 39.8 Å². The predicted molar refractivity (Wildman–Crippen MR) is 151 cm³/mol. The molecule has 1 aliphatic rings. The fourth-order valence-corrected chi connectivity index (χ4v) is 5.32. The third-order valence-corrected chi connectivity index (χ3v) is 7.35. The van der Waals surface area contributed by atoms with Crippen LogP contribution in [0.4, 0.5) is 11.8 Å². The Labute approximate surface area is 232 Å². The van der Waals surface area contributed by atoms with E-state index in [1.807, 2.05) is 45.0 Å². The fourth-order valence-electron chi connectivity index (χ4n) is 5.32. The first-order chi connectivity index (χ1) is 19.2. The van der Waals surface area contributed by atoms with Gasteiger partial charge in [0.25, 0.3) is 0 Å². The Balaban J connectivity index is 1.53. The first-order valence-corrected chi connectivity index (χ1v) is 13.2. The molecule has 212 valence electrons. The van der Waals surface area contributed by atoms with Gasteiger partial charge in [-0.3, -0.25) is 4.98 Å². The van der Waals surface area contributed by atoms with Crippen molar-refractivity contribution in [2.75, 3.05) is 31.5 Å². The van der Waals surface area contributed by atoms with Crippen LogP contribution in [0.5, 0.6) is 11.5 Å². The molecule has 0 saturated heterocycles. The smallest absolute Gasteiger partial charge is 0.225 e. The number of aliphatic hydroxyl groups excluding tert-OH is 3. The summed E-state index contributed by atoms with van der Waals surface area (Å²) in [5, 5.41) is 38.3. The number of nitrogens with one attached hydrogen (secondary N) is 2. The number of furan rings is 1. The van der Waals surface area contributed by atoms with Gasteiger partial charge in [-0.25, -0.2) is 4.98 Å². The number of methoxy groups -OCH3 is 2. The van der Waals surface area contributed by atoms with Crippen LogP contribution in [-0.4, -0.2) is 69.3 Å². The summed E-state index contributed by atoms with van der Waals surface area (Å²) in [6.07, 6.45) is -1.75. The van der Waals surface area contributed by atoms with E-state index in [0.717, 1.165) is 22.3 Å². The predicted octanol–water partition coefficient (Wildman–Crippen LogP) is 3.35. The van der Waals surface area contributed by atoms with Crippen LogP contribution in [0.1, 0.15) is 29.1 Å². The molecule has 11 heteroatoms. The number of rotatable bonds is 9. The Morgan fingerprint density at radius 1 is 0.925 bits per heavy atom. The van der Waals surface area contributed by atoms with Gasteiger partial charge in [-0.2, -0.15) is 4.98 Å². The van der Waals surface area contributed by atoms with E-state index in [0.29, 0.717) is 58.8 Å². The zero-order valence-corrected chi connectivity index (χ0v) is 23.2. The molecule has 0 unspecified atom stereocenters. The van der Waals surface area contributed by atoms with Crippen LogP contribution in [0.25, 0.3) is 22.3 Å². The number of pyridine rings is 1. The molecule has 0 aliphatic heterocycles. The highest BCUT2D eigenvalue weighted by Crippen LogP contribution is 2.38. The molecule has 1 fully saturated rings. The number of fused-ring (bicyclic) bond motifs is 1. The highest BCUT2D eigenvalue weighted by atomic mass is 16.5. The lowest BCUT2D eigenvalue weighted by molar-refractivity contribution is 0.00446. The molecule has 1 saturated carbocycles. The number of hydrogen-bond donors (Lipinski definition) is 5. The number of benzene rings is 1. The molecule has 0 amide bonds. The third-order valence-electron chi connectivity index (χ3n) is 7.35. The number of anilines is 2. The molecule has 0 radical (unpaired) electrons. The SMILES string of the molecule is COc1cc(CNc2nc(C)c(-c3cc4cc(C)nc(C)c4o3)c(N[C@@H]3C[C@H](CO)[C@@H](O)[C@H]3O)n2)cc(OC)c1. The van der Waals surface area contributed by atoms with Gasteiger partial charge in [0.05, 0.1) is 43.3 Å². The normalized spacial score (nSPS) is 20.6. The summed E-state index contributed by atoms with van der Waals surface area (Å²) in [6, 6.07) is 8.95. The molecule has 3 heterocycles. The second-order valence-electron chi connectivity index (χ2n) is 10.2. The van der Waals surface area contributed by atoms with Crippen molar-refractivity contribution in [3.63, 3.8) is 0 Å². The van der Waals surface area contributed by atoms with E-state index in [-0.39, 0.29) is 6.61 Å². The number of nitrogens with zero attached hydrogens (tertiary/aromatic N) is 3. The first kappa shape index (κ1) is 27.6. The minimum Gasteiger partial charge on any atom is -0.497 e.